The standard InChI is InChI=1S/C33H40F3N5O/c1-38(2)31(42)32(26-11-5-3-6-12-26,27-13-7-4-8-14-27)18-20-40-19-10-15-28(40)25-39-21-23-41(24-22-39)30-17-9-16-29(37-30)33(34,35)36/h3-9,11-14,16-17,28H,10,15,18-25H2,1-2H3/t28-/m0/s1. The molecule has 0 spiro atoms. The van der Waals surface area contributed by atoms with E-state index in [-0.39, 0.29) is 5.91 Å². The van der Waals surface area contributed by atoms with Gasteiger partial charge in [0, 0.05) is 59.4 Å². The summed E-state index contributed by atoms with van der Waals surface area (Å²) in [5, 5.41) is 0. The molecule has 2 fully saturated rings. The van der Waals surface area contributed by atoms with Crippen molar-refractivity contribution in [1.82, 2.24) is 19.7 Å². The number of anilines is 1. The summed E-state index contributed by atoms with van der Waals surface area (Å²) >= 11 is 0. The van der Waals surface area contributed by atoms with Gasteiger partial charge in [-0.3, -0.25) is 14.6 Å². The van der Waals surface area contributed by atoms with Gasteiger partial charge in [-0.25, -0.2) is 4.98 Å². The number of benzene rings is 2. The summed E-state index contributed by atoms with van der Waals surface area (Å²) in [6, 6.07) is 24.7. The summed E-state index contributed by atoms with van der Waals surface area (Å²) < 4.78 is 39.5. The van der Waals surface area contributed by atoms with Crippen molar-refractivity contribution in [3.63, 3.8) is 0 Å². The van der Waals surface area contributed by atoms with Crippen molar-refractivity contribution >= 4 is 11.7 Å². The molecule has 0 bridgehead atoms. The molecule has 1 amide bonds. The molecule has 2 aromatic carbocycles. The van der Waals surface area contributed by atoms with Crippen LogP contribution in [0.5, 0.6) is 0 Å². The number of halogens is 3. The third-order valence-corrected chi connectivity index (χ3v) is 8.77. The number of carbonyl (C=O) groups excluding carboxylic acids is 1. The van der Waals surface area contributed by atoms with Crippen molar-refractivity contribution in [2.75, 3.05) is 64.8 Å². The fourth-order valence-corrected chi connectivity index (χ4v) is 6.56. The number of likely N-dealkylation sites (tertiary alicyclic amines) is 1. The molecule has 0 unspecified atom stereocenters. The normalized spacial score (nSPS) is 18.8. The van der Waals surface area contributed by atoms with Crippen LogP contribution in [0.3, 0.4) is 0 Å². The number of piperazine rings is 1. The first-order chi connectivity index (χ1) is 20.2. The van der Waals surface area contributed by atoms with Crippen molar-refractivity contribution < 1.29 is 18.0 Å². The van der Waals surface area contributed by atoms with Crippen LogP contribution >= 0.6 is 0 Å². The van der Waals surface area contributed by atoms with Gasteiger partial charge in [0.1, 0.15) is 16.9 Å². The first-order valence-electron chi connectivity index (χ1n) is 14.8. The topological polar surface area (TPSA) is 42.9 Å². The van der Waals surface area contributed by atoms with E-state index >= 15 is 0 Å². The smallest absolute Gasteiger partial charge is 0.354 e. The van der Waals surface area contributed by atoms with E-state index in [4.69, 9.17) is 0 Å². The second-order valence-corrected chi connectivity index (χ2v) is 11.6. The highest BCUT2D eigenvalue weighted by molar-refractivity contribution is 5.92. The molecule has 0 N–H and O–H groups in total. The van der Waals surface area contributed by atoms with E-state index < -0.39 is 17.3 Å². The highest BCUT2D eigenvalue weighted by atomic mass is 19.4. The fourth-order valence-electron chi connectivity index (χ4n) is 6.56. The van der Waals surface area contributed by atoms with Crippen LogP contribution in [-0.2, 0) is 16.4 Å². The number of likely N-dealkylation sites (N-methyl/N-ethyl adjacent to an activating group) is 1. The Hall–Kier alpha value is -3.43. The van der Waals surface area contributed by atoms with E-state index in [2.05, 4.69) is 39.0 Å². The van der Waals surface area contributed by atoms with Gasteiger partial charge in [-0.1, -0.05) is 66.7 Å². The van der Waals surface area contributed by atoms with Gasteiger partial charge in [0.05, 0.1) is 0 Å². The lowest BCUT2D eigenvalue weighted by molar-refractivity contribution is -0.141. The van der Waals surface area contributed by atoms with Gasteiger partial charge >= 0.3 is 6.18 Å². The Morgan fingerprint density at radius 2 is 1.48 bits per heavy atom. The molecule has 2 aliphatic heterocycles. The molecule has 1 atom stereocenters. The Balaban J connectivity index is 1.27. The molecule has 5 rings (SSSR count). The molecule has 1 aromatic heterocycles. The number of nitrogens with zero attached hydrogens (tertiary/aromatic N) is 5. The highest BCUT2D eigenvalue weighted by Crippen LogP contribution is 2.38. The highest BCUT2D eigenvalue weighted by Gasteiger charge is 2.43. The maximum Gasteiger partial charge on any atom is 0.433 e. The zero-order valence-electron chi connectivity index (χ0n) is 24.4. The van der Waals surface area contributed by atoms with Crippen LogP contribution in [0, 0.1) is 0 Å². The number of rotatable bonds is 9. The van der Waals surface area contributed by atoms with Crippen molar-refractivity contribution in [2.24, 2.45) is 0 Å². The average Bonchev–Trinajstić information content (AvgIpc) is 3.45. The zero-order valence-corrected chi connectivity index (χ0v) is 24.4. The first-order valence-corrected chi connectivity index (χ1v) is 14.8. The lowest BCUT2D eigenvalue weighted by Gasteiger charge is -2.40. The predicted molar refractivity (Wildman–Crippen MR) is 159 cm³/mol. The quantitative estimate of drug-likeness (QED) is 0.351. The Labute approximate surface area is 246 Å². The maximum absolute atomic E-state index is 14.0. The van der Waals surface area contributed by atoms with Gasteiger partial charge in [0.2, 0.25) is 5.91 Å². The molecular formula is C33H40F3N5O. The molecule has 6 nitrogen and oxygen atoms in total. The van der Waals surface area contributed by atoms with E-state index in [0.29, 0.717) is 31.4 Å². The van der Waals surface area contributed by atoms with Crippen LogP contribution in [-0.4, -0.2) is 91.5 Å². The molecular weight excluding hydrogens is 539 g/mol. The second kappa shape index (κ2) is 12.8. The largest absolute Gasteiger partial charge is 0.433 e. The summed E-state index contributed by atoms with van der Waals surface area (Å²) in [5.41, 5.74) is 0.372. The first kappa shape index (κ1) is 30.0. The summed E-state index contributed by atoms with van der Waals surface area (Å²) in [7, 11) is 3.66. The molecule has 2 aliphatic rings. The average molecular weight is 580 g/mol. The van der Waals surface area contributed by atoms with Gasteiger partial charge in [-0.15, -0.1) is 0 Å². The number of carbonyl (C=O) groups is 1. The molecule has 42 heavy (non-hydrogen) atoms. The van der Waals surface area contributed by atoms with Gasteiger partial charge in [-0.2, -0.15) is 13.2 Å². The molecule has 2 saturated heterocycles. The van der Waals surface area contributed by atoms with E-state index in [1.54, 1.807) is 11.0 Å². The molecule has 224 valence electrons. The summed E-state index contributed by atoms with van der Waals surface area (Å²) in [6.45, 7) is 5.54. The van der Waals surface area contributed by atoms with Crippen LogP contribution in [0.15, 0.2) is 78.9 Å². The molecule has 3 aromatic rings. The Morgan fingerprint density at radius 3 is 2.05 bits per heavy atom. The lowest BCUT2D eigenvalue weighted by atomic mass is 9.70. The number of amides is 1. The van der Waals surface area contributed by atoms with Gasteiger partial charge < -0.3 is 9.80 Å². The second-order valence-electron chi connectivity index (χ2n) is 11.6. The van der Waals surface area contributed by atoms with Crippen LogP contribution < -0.4 is 4.90 Å². The third kappa shape index (κ3) is 6.47. The molecule has 0 saturated carbocycles. The SMILES string of the molecule is CN(C)C(=O)C(CCN1CCC[C@H]1CN1CCN(c2cccc(C(F)(F)F)n2)CC1)(c1ccccc1)c1ccccc1. The summed E-state index contributed by atoms with van der Waals surface area (Å²) in [4.78, 5) is 26.5. The van der Waals surface area contributed by atoms with Crippen molar-refractivity contribution in [1.29, 1.82) is 0 Å². The number of alkyl halides is 3. The van der Waals surface area contributed by atoms with Crippen molar-refractivity contribution in [2.45, 2.75) is 36.9 Å². The van der Waals surface area contributed by atoms with E-state index in [1.165, 1.54) is 6.07 Å². The Kier molecular flexibility index (Phi) is 9.18. The number of hydrogen-bond donors (Lipinski definition) is 0. The fraction of sp³-hybridized carbons (Fsp3) is 0.455. The van der Waals surface area contributed by atoms with Gasteiger partial charge in [-0.05, 0) is 49.1 Å². The van der Waals surface area contributed by atoms with Crippen LogP contribution in [0.2, 0.25) is 0 Å². The predicted octanol–water partition coefficient (Wildman–Crippen LogP) is 5.15. The van der Waals surface area contributed by atoms with Crippen molar-refractivity contribution in [3.05, 3.63) is 95.7 Å². The van der Waals surface area contributed by atoms with Crippen LogP contribution in [0.25, 0.3) is 0 Å². The molecule has 0 aliphatic carbocycles. The Bertz CT molecular complexity index is 1270. The van der Waals surface area contributed by atoms with Crippen LogP contribution in [0.4, 0.5) is 19.0 Å². The minimum absolute atomic E-state index is 0.0787. The zero-order chi connectivity index (χ0) is 29.7. The monoisotopic (exact) mass is 579 g/mol. The number of aromatic nitrogens is 1. The summed E-state index contributed by atoms with van der Waals surface area (Å²) in [6.07, 6.45) is -1.56. The number of hydrogen-bond acceptors (Lipinski definition) is 5. The molecule has 0 radical (unpaired) electrons. The maximum atomic E-state index is 14.0. The van der Waals surface area contributed by atoms with E-state index in [1.807, 2.05) is 55.4 Å². The summed E-state index contributed by atoms with van der Waals surface area (Å²) in [5.74, 6) is 0.464. The Morgan fingerprint density at radius 1 is 0.857 bits per heavy atom. The minimum Gasteiger partial charge on any atom is -0.354 e. The minimum atomic E-state index is -4.44. The van der Waals surface area contributed by atoms with Crippen LogP contribution in [0.1, 0.15) is 36.1 Å². The van der Waals surface area contributed by atoms with E-state index in [9.17, 15) is 18.0 Å². The van der Waals surface area contributed by atoms with E-state index in [0.717, 1.165) is 62.8 Å². The third-order valence-electron chi connectivity index (χ3n) is 8.77. The molecule has 3 heterocycles. The van der Waals surface area contributed by atoms with Gasteiger partial charge in [0.25, 0.3) is 0 Å². The number of pyridine rings is 1. The molecule has 9 heteroatoms. The van der Waals surface area contributed by atoms with Gasteiger partial charge in [0.15, 0.2) is 0 Å². The lowest BCUT2D eigenvalue weighted by Crippen LogP contribution is -2.51. The van der Waals surface area contributed by atoms with Crippen molar-refractivity contribution in [3.8, 4) is 0 Å².